The molecule has 1 aromatic rings. The lowest BCUT2D eigenvalue weighted by atomic mass is 10.1. The van der Waals surface area contributed by atoms with Crippen LogP contribution in [0.25, 0.3) is 0 Å². The molecule has 6 nitrogen and oxygen atoms in total. The summed E-state index contributed by atoms with van der Waals surface area (Å²) < 4.78 is 0. The van der Waals surface area contributed by atoms with Gasteiger partial charge in [0.25, 0.3) is 11.6 Å². The molecule has 0 fully saturated rings. The highest BCUT2D eigenvalue weighted by Crippen LogP contribution is 2.28. The molecular weight excluding hydrogens is 270 g/mol. The average molecular weight is 286 g/mol. The second-order valence-corrected chi connectivity index (χ2v) is 4.52. The number of halogens is 1. The SMILES string of the molecule is CCCCCNC(=O)c1cc([N+](=O)[O-])cc(Cl)c1N. The molecule has 104 valence electrons. The topological polar surface area (TPSA) is 98.3 Å². The Balaban J connectivity index is 2.86. The Morgan fingerprint density at radius 2 is 2.16 bits per heavy atom. The minimum Gasteiger partial charge on any atom is -0.397 e. The van der Waals surface area contributed by atoms with Gasteiger partial charge in [0.2, 0.25) is 0 Å². The molecule has 0 aliphatic heterocycles. The highest BCUT2D eigenvalue weighted by molar-refractivity contribution is 6.34. The fourth-order valence-corrected chi connectivity index (χ4v) is 1.78. The molecule has 0 spiro atoms. The number of nitrogens with zero attached hydrogens (tertiary/aromatic N) is 1. The number of unbranched alkanes of at least 4 members (excludes halogenated alkanes) is 2. The molecule has 1 rings (SSSR count). The lowest BCUT2D eigenvalue weighted by molar-refractivity contribution is -0.384. The first-order chi connectivity index (χ1) is 8.97. The summed E-state index contributed by atoms with van der Waals surface area (Å²) in [6, 6.07) is 2.26. The first kappa shape index (κ1) is 15.2. The Morgan fingerprint density at radius 3 is 2.74 bits per heavy atom. The van der Waals surface area contributed by atoms with Gasteiger partial charge in [-0.25, -0.2) is 0 Å². The number of nitrogen functional groups attached to an aromatic ring is 1. The van der Waals surface area contributed by atoms with Gasteiger partial charge in [0.1, 0.15) is 0 Å². The second kappa shape index (κ2) is 6.94. The van der Waals surface area contributed by atoms with Crippen molar-refractivity contribution in [2.75, 3.05) is 12.3 Å². The molecule has 0 heterocycles. The van der Waals surface area contributed by atoms with Gasteiger partial charge in [-0.3, -0.25) is 14.9 Å². The molecule has 0 aromatic heterocycles. The van der Waals surface area contributed by atoms with Crippen molar-refractivity contribution in [2.24, 2.45) is 0 Å². The van der Waals surface area contributed by atoms with Crippen molar-refractivity contribution in [2.45, 2.75) is 26.2 Å². The van der Waals surface area contributed by atoms with Crippen molar-refractivity contribution in [3.63, 3.8) is 0 Å². The van der Waals surface area contributed by atoms with Crippen LogP contribution in [0.4, 0.5) is 11.4 Å². The zero-order valence-electron chi connectivity index (χ0n) is 10.6. The normalized spacial score (nSPS) is 10.2. The number of hydrogen-bond acceptors (Lipinski definition) is 4. The van der Waals surface area contributed by atoms with Crippen LogP contribution in [0.5, 0.6) is 0 Å². The summed E-state index contributed by atoms with van der Waals surface area (Å²) in [7, 11) is 0. The lowest BCUT2D eigenvalue weighted by Gasteiger charge is -2.08. The highest BCUT2D eigenvalue weighted by Gasteiger charge is 2.18. The Morgan fingerprint density at radius 1 is 1.47 bits per heavy atom. The van der Waals surface area contributed by atoms with Gasteiger partial charge in [-0.2, -0.15) is 0 Å². The predicted molar refractivity (Wildman–Crippen MR) is 74.4 cm³/mol. The van der Waals surface area contributed by atoms with Gasteiger partial charge in [0.15, 0.2) is 0 Å². The molecule has 19 heavy (non-hydrogen) atoms. The van der Waals surface area contributed by atoms with E-state index in [0.717, 1.165) is 31.4 Å². The second-order valence-electron chi connectivity index (χ2n) is 4.11. The van der Waals surface area contributed by atoms with Gasteiger partial charge in [0, 0.05) is 18.7 Å². The van der Waals surface area contributed by atoms with Crippen molar-refractivity contribution in [3.05, 3.63) is 32.8 Å². The quantitative estimate of drug-likeness (QED) is 0.363. The molecule has 0 saturated carbocycles. The van der Waals surface area contributed by atoms with Crippen LogP contribution in [0.1, 0.15) is 36.5 Å². The van der Waals surface area contributed by atoms with Crippen LogP contribution in [-0.4, -0.2) is 17.4 Å². The number of non-ortho nitro benzene ring substituents is 1. The van der Waals surface area contributed by atoms with Crippen molar-refractivity contribution in [1.29, 1.82) is 0 Å². The Labute approximate surface area is 116 Å². The van der Waals surface area contributed by atoms with E-state index < -0.39 is 10.8 Å². The third-order valence-electron chi connectivity index (χ3n) is 2.64. The number of carbonyl (C=O) groups excluding carboxylic acids is 1. The summed E-state index contributed by atoms with van der Waals surface area (Å²) in [5.41, 5.74) is 5.51. The number of benzene rings is 1. The molecule has 1 aromatic carbocycles. The van der Waals surface area contributed by atoms with Crippen molar-refractivity contribution in [3.8, 4) is 0 Å². The maximum atomic E-state index is 11.9. The van der Waals surface area contributed by atoms with Crippen LogP contribution in [-0.2, 0) is 0 Å². The number of nitrogens with two attached hydrogens (primary N) is 1. The molecular formula is C12H16ClN3O3. The van der Waals surface area contributed by atoms with Crippen molar-refractivity contribution in [1.82, 2.24) is 5.32 Å². The van der Waals surface area contributed by atoms with E-state index >= 15 is 0 Å². The van der Waals surface area contributed by atoms with Crippen LogP contribution in [0.3, 0.4) is 0 Å². The maximum absolute atomic E-state index is 11.9. The van der Waals surface area contributed by atoms with Crippen LogP contribution in [0, 0.1) is 10.1 Å². The molecule has 0 aliphatic carbocycles. The first-order valence-electron chi connectivity index (χ1n) is 5.99. The fraction of sp³-hybridized carbons (Fsp3) is 0.417. The Kier molecular flexibility index (Phi) is 5.57. The van der Waals surface area contributed by atoms with Crippen molar-refractivity contribution >= 4 is 28.9 Å². The Bertz CT molecular complexity index is 491. The van der Waals surface area contributed by atoms with E-state index in [1.807, 2.05) is 0 Å². The maximum Gasteiger partial charge on any atom is 0.271 e. The molecule has 7 heteroatoms. The van der Waals surface area contributed by atoms with E-state index in [2.05, 4.69) is 12.2 Å². The number of anilines is 1. The summed E-state index contributed by atoms with van der Waals surface area (Å²) in [5, 5.41) is 13.4. The van der Waals surface area contributed by atoms with Gasteiger partial charge in [-0.1, -0.05) is 31.4 Å². The summed E-state index contributed by atoms with van der Waals surface area (Å²) >= 11 is 5.78. The minimum absolute atomic E-state index is 0.00732. The fourth-order valence-electron chi connectivity index (χ4n) is 1.57. The lowest BCUT2D eigenvalue weighted by Crippen LogP contribution is -2.25. The largest absolute Gasteiger partial charge is 0.397 e. The molecule has 0 saturated heterocycles. The van der Waals surface area contributed by atoms with Crippen LogP contribution >= 0.6 is 11.6 Å². The van der Waals surface area contributed by atoms with Crippen LogP contribution in [0.15, 0.2) is 12.1 Å². The smallest absolute Gasteiger partial charge is 0.271 e. The monoisotopic (exact) mass is 285 g/mol. The molecule has 3 N–H and O–H groups in total. The number of nitro groups is 1. The average Bonchev–Trinajstić information content (AvgIpc) is 2.37. The molecule has 0 atom stereocenters. The van der Waals surface area contributed by atoms with E-state index in [0.29, 0.717) is 6.54 Å². The summed E-state index contributed by atoms with van der Waals surface area (Å²) in [6.07, 6.45) is 2.90. The zero-order valence-corrected chi connectivity index (χ0v) is 11.4. The van der Waals surface area contributed by atoms with Gasteiger partial charge in [-0.05, 0) is 6.42 Å². The number of nitrogens with one attached hydrogen (secondary N) is 1. The summed E-state index contributed by atoms with van der Waals surface area (Å²) in [5.74, 6) is -0.445. The molecule has 0 aliphatic rings. The van der Waals surface area contributed by atoms with E-state index in [-0.39, 0.29) is 22.0 Å². The standard InChI is InChI=1S/C12H16ClN3O3/c1-2-3-4-5-15-12(17)9-6-8(16(18)19)7-10(13)11(9)14/h6-7H,2-5,14H2,1H3,(H,15,17). The molecule has 0 radical (unpaired) electrons. The Hall–Kier alpha value is -1.82. The van der Waals surface area contributed by atoms with Crippen LogP contribution < -0.4 is 11.1 Å². The zero-order chi connectivity index (χ0) is 14.4. The van der Waals surface area contributed by atoms with Gasteiger partial charge in [-0.15, -0.1) is 0 Å². The number of hydrogen-bond donors (Lipinski definition) is 2. The van der Waals surface area contributed by atoms with Crippen molar-refractivity contribution < 1.29 is 9.72 Å². The first-order valence-corrected chi connectivity index (χ1v) is 6.36. The van der Waals surface area contributed by atoms with E-state index in [1.54, 1.807) is 0 Å². The highest BCUT2D eigenvalue weighted by atomic mass is 35.5. The summed E-state index contributed by atoms with van der Waals surface area (Å²) in [6.45, 7) is 2.56. The van der Waals surface area contributed by atoms with Gasteiger partial charge in [0.05, 0.1) is 21.2 Å². The minimum atomic E-state index is -0.612. The van der Waals surface area contributed by atoms with E-state index in [9.17, 15) is 14.9 Å². The number of carbonyl (C=O) groups is 1. The van der Waals surface area contributed by atoms with E-state index in [4.69, 9.17) is 17.3 Å². The third kappa shape index (κ3) is 4.10. The van der Waals surface area contributed by atoms with E-state index in [1.165, 1.54) is 0 Å². The number of nitro benzene ring substituents is 1. The predicted octanol–water partition coefficient (Wildman–Crippen LogP) is 2.75. The summed E-state index contributed by atoms with van der Waals surface area (Å²) in [4.78, 5) is 22.0. The molecule has 1 amide bonds. The third-order valence-corrected chi connectivity index (χ3v) is 2.95. The molecule has 0 bridgehead atoms. The van der Waals surface area contributed by atoms with Gasteiger partial charge >= 0.3 is 0 Å². The van der Waals surface area contributed by atoms with Gasteiger partial charge < -0.3 is 11.1 Å². The number of amides is 1. The molecule has 0 unspecified atom stereocenters. The van der Waals surface area contributed by atoms with Crippen LogP contribution in [0.2, 0.25) is 5.02 Å². The number of rotatable bonds is 6.